The first kappa shape index (κ1) is 15.8. The Bertz CT molecular complexity index is 793. The third-order valence-corrected chi connectivity index (χ3v) is 3.90. The van der Waals surface area contributed by atoms with E-state index in [9.17, 15) is 0 Å². The molecule has 0 atom stereocenters. The van der Waals surface area contributed by atoms with Gasteiger partial charge in [-0.15, -0.1) is 0 Å². The molecular formula is C17H14BrClN4. The second-order valence-corrected chi connectivity index (χ2v) is 6.26. The van der Waals surface area contributed by atoms with Crippen LogP contribution in [0.2, 0.25) is 5.02 Å². The number of anilines is 3. The van der Waals surface area contributed by atoms with E-state index in [2.05, 4.69) is 36.5 Å². The summed E-state index contributed by atoms with van der Waals surface area (Å²) in [5, 5.41) is 7.26. The lowest BCUT2D eigenvalue weighted by Crippen LogP contribution is -2.03. The van der Waals surface area contributed by atoms with Crippen molar-refractivity contribution in [1.29, 1.82) is 0 Å². The van der Waals surface area contributed by atoms with Crippen LogP contribution in [0.1, 0.15) is 5.56 Å². The number of halogens is 2. The zero-order valence-corrected chi connectivity index (χ0v) is 14.5. The van der Waals surface area contributed by atoms with Crippen molar-refractivity contribution in [3.63, 3.8) is 0 Å². The molecule has 0 unspecified atom stereocenters. The van der Waals surface area contributed by atoms with Gasteiger partial charge in [0.2, 0.25) is 0 Å². The molecule has 2 N–H and O–H groups in total. The number of benzene rings is 2. The van der Waals surface area contributed by atoms with Gasteiger partial charge < -0.3 is 10.6 Å². The van der Waals surface area contributed by atoms with Crippen molar-refractivity contribution in [2.75, 3.05) is 10.6 Å². The molecule has 6 heteroatoms. The number of hydrogen-bond acceptors (Lipinski definition) is 4. The summed E-state index contributed by atoms with van der Waals surface area (Å²) in [6.45, 7) is 0.671. The number of rotatable bonds is 5. The SMILES string of the molecule is Clc1ccc(CNc2cc(Nc3cccc(Br)c3)ncn2)cc1. The normalized spacial score (nSPS) is 10.3. The molecule has 0 spiro atoms. The molecule has 0 aliphatic rings. The fraction of sp³-hybridized carbons (Fsp3) is 0.0588. The van der Waals surface area contributed by atoms with Gasteiger partial charge in [-0.25, -0.2) is 9.97 Å². The van der Waals surface area contributed by atoms with Gasteiger partial charge in [0.1, 0.15) is 18.0 Å². The van der Waals surface area contributed by atoms with Crippen molar-refractivity contribution >= 4 is 44.9 Å². The van der Waals surface area contributed by atoms with E-state index < -0.39 is 0 Å². The molecule has 0 radical (unpaired) electrons. The molecule has 4 nitrogen and oxygen atoms in total. The lowest BCUT2D eigenvalue weighted by molar-refractivity contribution is 1.08. The lowest BCUT2D eigenvalue weighted by Gasteiger charge is -2.09. The minimum Gasteiger partial charge on any atom is -0.366 e. The van der Waals surface area contributed by atoms with Crippen molar-refractivity contribution < 1.29 is 0 Å². The molecule has 116 valence electrons. The number of aromatic nitrogens is 2. The van der Waals surface area contributed by atoms with Crippen LogP contribution in [0, 0.1) is 0 Å². The van der Waals surface area contributed by atoms with Crippen molar-refractivity contribution in [3.8, 4) is 0 Å². The molecule has 0 bridgehead atoms. The van der Waals surface area contributed by atoms with Crippen molar-refractivity contribution in [2.24, 2.45) is 0 Å². The van der Waals surface area contributed by atoms with E-state index in [0.717, 1.165) is 32.4 Å². The highest BCUT2D eigenvalue weighted by Crippen LogP contribution is 2.20. The molecule has 1 aromatic heterocycles. The van der Waals surface area contributed by atoms with E-state index in [1.54, 1.807) is 0 Å². The molecule has 0 aliphatic carbocycles. The Labute approximate surface area is 148 Å². The fourth-order valence-corrected chi connectivity index (χ4v) is 2.56. The molecule has 1 heterocycles. The van der Waals surface area contributed by atoms with E-state index in [-0.39, 0.29) is 0 Å². The quantitative estimate of drug-likeness (QED) is 0.626. The van der Waals surface area contributed by atoms with Crippen LogP contribution in [-0.2, 0) is 6.54 Å². The highest BCUT2D eigenvalue weighted by Gasteiger charge is 2.01. The molecule has 0 fully saturated rings. The van der Waals surface area contributed by atoms with Gasteiger partial charge in [-0.05, 0) is 35.9 Å². The van der Waals surface area contributed by atoms with E-state index in [4.69, 9.17) is 11.6 Å². The molecule has 0 saturated carbocycles. The Kier molecular flexibility index (Phi) is 5.10. The standard InChI is InChI=1S/C17H14BrClN4/c18-13-2-1-3-15(8-13)23-17-9-16(21-11-22-17)20-10-12-4-6-14(19)7-5-12/h1-9,11H,10H2,(H2,20,21,22,23). The van der Waals surface area contributed by atoms with Crippen molar-refractivity contribution in [1.82, 2.24) is 9.97 Å². The first-order valence-corrected chi connectivity index (χ1v) is 8.19. The summed E-state index contributed by atoms with van der Waals surface area (Å²) in [6.07, 6.45) is 1.53. The predicted octanol–water partition coefficient (Wildman–Crippen LogP) is 5.25. The second-order valence-electron chi connectivity index (χ2n) is 4.90. The van der Waals surface area contributed by atoms with Crippen LogP contribution in [0.15, 0.2) is 65.4 Å². The summed E-state index contributed by atoms with van der Waals surface area (Å²) in [5.74, 6) is 1.49. The van der Waals surface area contributed by atoms with Crippen LogP contribution in [0.5, 0.6) is 0 Å². The van der Waals surface area contributed by atoms with Crippen molar-refractivity contribution in [2.45, 2.75) is 6.54 Å². The Morgan fingerprint density at radius 1 is 0.957 bits per heavy atom. The highest BCUT2D eigenvalue weighted by atomic mass is 79.9. The monoisotopic (exact) mass is 388 g/mol. The van der Waals surface area contributed by atoms with E-state index >= 15 is 0 Å². The topological polar surface area (TPSA) is 49.8 Å². The molecule has 3 rings (SSSR count). The maximum absolute atomic E-state index is 5.89. The summed E-state index contributed by atoms with van der Waals surface area (Å²) in [5.41, 5.74) is 2.09. The van der Waals surface area contributed by atoms with Gasteiger partial charge >= 0.3 is 0 Å². The summed E-state index contributed by atoms with van der Waals surface area (Å²) >= 11 is 9.34. The van der Waals surface area contributed by atoms with E-state index in [1.807, 2.05) is 54.6 Å². The molecule has 0 amide bonds. The van der Waals surface area contributed by atoms with Crippen LogP contribution in [-0.4, -0.2) is 9.97 Å². The van der Waals surface area contributed by atoms with E-state index in [0.29, 0.717) is 6.54 Å². The fourth-order valence-electron chi connectivity index (χ4n) is 2.03. The molecule has 2 aromatic carbocycles. The Hall–Kier alpha value is -2.11. The van der Waals surface area contributed by atoms with Crippen LogP contribution >= 0.6 is 27.5 Å². The van der Waals surface area contributed by atoms with Gasteiger partial charge in [0, 0.05) is 27.8 Å². The molecular weight excluding hydrogens is 376 g/mol. The summed E-state index contributed by atoms with van der Waals surface area (Å²) in [7, 11) is 0. The molecule has 3 aromatic rings. The average molecular weight is 390 g/mol. The van der Waals surface area contributed by atoms with Gasteiger partial charge in [0.25, 0.3) is 0 Å². The average Bonchev–Trinajstić information content (AvgIpc) is 2.55. The maximum atomic E-state index is 5.89. The first-order valence-electron chi connectivity index (χ1n) is 7.02. The summed E-state index contributed by atoms with van der Waals surface area (Å²) in [4.78, 5) is 8.47. The Morgan fingerprint density at radius 3 is 2.52 bits per heavy atom. The molecule has 0 saturated heterocycles. The highest BCUT2D eigenvalue weighted by molar-refractivity contribution is 9.10. The minimum atomic E-state index is 0.671. The minimum absolute atomic E-state index is 0.671. The zero-order valence-electron chi connectivity index (χ0n) is 12.1. The maximum Gasteiger partial charge on any atom is 0.135 e. The Morgan fingerprint density at radius 2 is 1.74 bits per heavy atom. The van der Waals surface area contributed by atoms with Crippen LogP contribution < -0.4 is 10.6 Å². The summed E-state index contributed by atoms with van der Waals surface area (Å²) < 4.78 is 1.01. The largest absolute Gasteiger partial charge is 0.366 e. The van der Waals surface area contributed by atoms with Crippen LogP contribution in [0.25, 0.3) is 0 Å². The summed E-state index contributed by atoms with van der Waals surface area (Å²) in [6, 6.07) is 17.5. The van der Waals surface area contributed by atoms with Crippen LogP contribution in [0.3, 0.4) is 0 Å². The lowest BCUT2D eigenvalue weighted by atomic mass is 10.2. The van der Waals surface area contributed by atoms with E-state index in [1.165, 1.54) is 6.33 Å². The van der Waals surface area contributed by atoms with Gasteiger partial charge in [-0.1, -0.05) is 45.7 Å². The zero-order chi connectivity index (χ0) is 16.1. The second kappa shape index (κ2) is 7.44. The first-order chi connectivity index (χ1) is 11.2. The predicted molar refractivity (Wildman–Crippen MR) is 98.2 cm³/mol. The molecule has 0 aliphatic heterocycles. The van der Waals surface area contributed by atoms with Gasteiger partial charge in [-0.2, -0.15) is 0 Å². The van der Waals surface area contributed by atoms with Gasteiger partial charge in [0.05, 0.1) is 0 Å². The number of hydrogen-bond donors (Lipinski definition) is 2. The number of nitrogens with one attached hydrogen (secondary N) is 2. The van der Waals surface area contributed by atoms with Crippen molar-refractivity contribution in [3.05, 3.63) is 76.0 Å². The third-order valence-electron chi connectivity index (χ3n) is 3.15. The third kappa shape index (κ3) is 4.68. The van der Waals surface area contributed by atoms with Gasteiger partial charge in [0.15, 0.2) is 0 Å². The smallest absolute Gasteiger partial charge is 0.135 e. The Balaban J connectivity index is 1.66. The van der Waals surface area contributed by atoms with Crippen LogP contribution in [0.4, 0.5) is 17.3 Å². The molecule has 23 heavy (non-hydrogen) atoms. The van der Waals surface area contributed by atoms with Gasteiger partial charge in [-0.3, -0.25) is 0 Å². The number of nitrogens with zero attached hydrogens (tertiary/aromatic N) is 2.